The van der Waals surface area contributed by atoms with Crippen molar-refractivity contribution >= 4 is 5.91 Å². The van der Waals surface area contributed by atoms with Gasteiger partial charge in [0.15, 0.2) is 0 Å². The second-order valence-electron chi connectivity index (χ2n) is 6.20. The fraction of sp³-hybridized carbons (Fsp3) is 0.929. The molecule has 3 aliphatic heterocycles. The molecule has 1 amide bonds. The molecule has 4 nitrogen and oxygen atoms in total. The molecule has 18 heavy (non-hydrogen) atoms. The van der Waals surface area contributed by atoms with Crippen LogP contribution in [0.4, 0.5) is 0 Å². The molecule has 3 aliphatic rings. The van der Waals surface area contributed by atoms with Crippen molar-refractivity contribution < 1.29 is 4.79 Å². The number of rotatable bonds is 5. The summed E-state index contributed by atoms with van der Waals surface area (Å²) >= 11 is 0. The molecule has 0 saturated carbocycles. The smallest absolute Gasteiger partial charge is 0.227 e. The van der Waals surface area contributed by atoms with Crippen LogP contribution in [-0.4, -0.2) is 54.0 Å². The number of piperazine rings is 1. The highest BCUT2D eigenvalue weighted by atomic mass is 16.2. The molecular weight excluding hydrogens is 226 g/mol. The van der Waals surface area contributed by atoms with E-state index in [1.54, 1.807) is 0 Å². The Labute approximate surface area is 110 Å². The number of carbonyl (C=O) groups excluding carboxylic acids is 1. The predicted octanol–water partition coefficient (Wildman–Crippen LogP) is 0.912. The quantitative estimate of drug-likeness (QED) is 0.792. The molecule has 104 valence electrons. The van der Waals surface area contributed by atoms with Crippen LogP contribution >= 0.6 is 0 Å². The largest absolute Gasteiger partial charge is 0.334 e. The Balaban J connectivity index is 1.94. The fourth-order valence-electron chi connectivity index (χ4n) is 3.39. The predicted molar refractivity (Wildman–Crippen MR) is 73.2 cm³/mol. The number of piperidine rings is 1. The van der Waals surface area contributed by atoms with Crippen molar-refractivity contribution in [2.75, 3.05) is 26.2 Å². The van der Waals surface area contributed by atoms with Crippen molar-refractivity contribution in [1.82, 2.24) is 9.80 Å². The topological polar surface area (TPSA) is 49.6 Å². The number of nitrogens with zero attached hydrogens (tertiary/aromatic N) is 2. The first-order valence-corrected chi connectivity index (χ1v) is 7.31. The summed E-state index contributed by atoms with van der Waals surface area (Å²) in [7, 11) is 0. The Hall–Kier alpha value is -0.610. The van der Waals surface area contributed by atoms with Crippen molar-refractivity contribution in [2.24, 2.45) is 17.6 Å². The van der Waals surface area contributed by atoms with E-state index in [2.05, 4.69) is 30.6 Å². The molecule has 3 rings (SSSR count). The Morgan fingerprint density at radius 2 is 1.94 bits per heavy atom. The summed E-state index contributed by atoms with van der Waals surface area (Å²) < 4.78 is 0. The third kappa shape index (κ3) is 2.54. The standard InChI is InChI=1S/C14H27N3O/c1-4-16-8-12-6-13(9-16)17(12)14(18)11(7-15)5-10(2)3/h10-13H,4-9,15H2,1-3H3. The summed E-state index contributed by atoms with van der Waals surface area (Å²) in [6.45, 7) is 10.2. The zero-order chi connectivity index (χ0) is 13.3. The molecule has 3 saturated heterocycles. The minimum Gasteiger partial charge on any atom is -0.334 e. The van der Waals surface area contributed by atoms with Crippen molar-refractivity contribution in [3.8, 4) is 0 Å². The second kappa shape index (κ2) is 5.57. The molecule has 0 radical (unpaired) electrons. The number of hydrogen-bond donors (Lipinski definition) is 1. The third-order valence-corrected chi connectivity index (χ3v) is 4.36. The van der Waals surface area contributed by atoms with E-state index >= 15 is 0 Å². The second-order valence-corrected chi connectivity index (χ2v) is 6.20. The van der Waals surface area contributed by atoms with E-state index in [4.69, 9.17) is 5.73 Å². The Morgan fingerprint density at radius 1 is 1.33 bits per heavy atom. The van der Waals surface area contributed by atoms with Gasteiger partial charge in [-0.2, -0.15) is 0 Å². The maximum atomic E-state index is 12.5. The fourth-order valence-corrected chi connectivity index (χ4v) is 3.39. The highest BCUT2D eigenvalue weighted by Crippen LogP contribution is 2.34. The Morgan fingerprint density at radius 3 is 2.39 bits per heavy atom. The van der Waals surface area contributed by atoms with Crippen molar-refractivity contribution in [2.45, 2.75) is 45.7 Å². The maximum absolute atomic E-state index is 12.5. The highest BCUT2D eigenvalue weighted by Gasteiger charge is 2.47. The Bertz CT molecular complexity index is 293. The van der Waals surface area contributed by atoms with Crippen LogP contribution in [0.1, 0.15) is 33.6 Å². The van der Waals surface area contributed by atoms with Gasteiger partial charge in [-0.25, -0.2) is 0 Å². The van der Waals surface area contributed by atoms with E-state index in [1.807, 2.05) is 0 Å². The van der Waals surface area contributed by atoms with Gasteiger partial charge in [0.1, 0.15) is 0 Å². The number of fused-ring (bicyclic) bond motifs is 2. The number of carbonyl (C=O) groups is 1. The van der Waals surface area contributed by atoms with E-state index in [0.717, 1.165) is 26.1 Å². The average Bonchev–Trinajstić information content (AvgIpc) is 2.35. The van der Waals surface area contributed by atoms with E-state index in [9.17, 15) is 4.79 Å². The van der Waals surface area contributed by atoms with Crippen LogP contribution in [0, 0.1) is 11.8 Å². The lowest BCUT2D eigenvalue weighted by molar-refractivity contribution is -0.158. The summed E-state index contributed by atoms with van der Waals surface area (Å²) in [6.07, 6.45) is 2.12. The number of nitrogens with two attached hydrogens (primary N) is 1. The first-order chi connectivity index (χ1) is 8.56. The molecule has 0 aromatic carbocycles. The maximum Gasteiger partial charge on any atom is 0.227 e. The molecule has 2 N–H and O–H groups in total. The molecule has 2 bridgehead atoms. The molecule has 3 heterocycles. The van der Waals surface area contributed by atoms with Crippen molar-refractivity contribution in [1.29, 1.82) is 0 Å². The molecule has 0 aromatic rings. The summed E-state index contributed by atoms with van der Waals surface area (Å²) in [5.74, 6) is 0.877. The van der Waals surface area contributed by atoms with Gasteiger partial charge in [-0.3, -0.25) is 9.69 Å². The van der Waals surface area contributed by atoms with Gasteiger partial charge in [-0.1, -0.05) is 20.8 Å². The number of amides is 1. The zero-order valence-electron chi connectivity index (χ0n) is 11.9. The number of hydrogen-bond acceptors (Lipinski definition) is 3. The molecule has 0 aromatic heterocycles. The van der Waals surface area contributed by atoms with Gasteiger partial charge in [-0.05, 0) is 25.3 Å². The molecule has 3 atom stereocenters. The van der Waals surface area contributed by atoms with Gasteiger partial charge in [0.05, 0.1) is 5.92 Å². The van der Waals surface area contributed by atoms with E-state index < -0.39 is 0 Å². The van der Waals surface area contributed by atoms with Gasteiger partial charge in [0, 0.05) is 31.7 Å². The van der Waals surface area contributed by atoms with E-state index in [-0.39, 0.29) is 5.92 Å². The summed E-state index contributed by atoms with van der Waals surface area (Å²) in [6, 6.07) is 0.912. The molecule has 0 spiro atoms. The van der Waals surface area contributed by atoms with Crippen LogP contribution < -0.4 is 5.73 Å². The monoisotopic (exact) mass is 253 g/mol. The van der Waals surface area contributed by atoms with Crippen molar-refractivity contribution in [3.05, 3.63) is 0 Å². The van der Waals surface area contributed by atoms with Crippen LogP contribution in [0.5, 0.6) is 0 Å². The minimum absolute atomic E-state index is 0.0310. The molecule has 3 unspecified atom stereocenters. The van der Waals surface area contributed by atoms with Crippen molar-refractivity contribution in [3.63, 3.8) is 0 Å². The van der Waals surface area contributed by atoms with Gasteiger partial charge in [0.25, 0.3) is 0 Å². The lowest BCUT2D eigenvalue weighted by atomic mass is 9.84. The lowest BCUT2D eigenvalue weighted by Gasteiger charge is -2.57. The summed E-state index contributed by atoms with van der Waals surface area (Å²) in [5, 5.41) is 0. The van der Waals surface area contributed by atoms with E-state index in [0.29, 0.717) is 30.5 Å². The average molecular weight is 253 g/mol. The Kier molecular flexibility index (Phi) is 4.28. The van der Waals surface area contributed by atoms with Crippen LogP contribution in [0.15, 0.2) is 0 Å². The molecule has 0 aliphatic carbocycles. The first kappa shape index (κ1) is 13.8. The van der Waals surface area contributed by atoms with Crippen LogP contribution in [0.2, 0.25) is 0 Å². The van der Waals surface area contributed by atoms with E-state index in [1.165, 1.54) is 6.42 Å². The normalized spacial score (nSPS) is 29.3. The van der Waals surface area contributed by atoms with Crippen LogP contribution in [-0.2, 0) is 4.79 Å². The summed E-state index contributed by atoms with van der Waals surface area (Å²) in [5.41, 5.74) is 5.78. The van der Waals surface area contributed by atoms with Gasteiger partial charge in [0.2, 0.25) is 5.91 Å². The van der Waals surface area contributed by atoms with Gasteiger partial charge >= 0.3 is 0 Å². The number of likely N-dealkylation sites (N-methyl/N-ethyl adjacent to an activating group) is 1. The zero-order valence-corrected chi connectivity index (χ0v) is 11.9. The van der Waals surface area contributed by atoms with Crippen LogP contribution in [0.3, 0.4) is 0 Å². The van der Waals surface area contributed by atoms with Gasteiger partial charge < -0.3 is 10.6 Å². The lowest BCUT2D eigenvalue weighted by Crippen LogP contribution is -2.71. The van der Waals surface area contributed by atoms with Gasteiger partial charge in [-0.15, -0.1) is 0 Å². The summed E-state index contributed by atoms with van der Waals surface area (Å²) in [4.78, 5) is 17.1. The molecule has 4 heteroatoms. The minimum atomic E-state index is 0.0310. The highest BCUT2D eigenvalue weighted by molar-refractivity contribution is 5.81. The SMILES string of the molecule is CCN1CC2CC(C1)N2C(=O)C(CN)CC(C)C. The molecular formula is C14H27N3O. The van der Waals surface area contributed by atoms with Crippen LogP contribution in [0.25, 0.3) is 0 Å². The third-order valence-electron chi connectivity index (χ3n) is 4.36. The first-order valence-electron chi connectivity index (χ1n) is 7.31. The molecule has 3 fully saturated rings.